The van der Waals surface area contributed by atoms with Crippen LogP contribution in [0.25, 0.3) is 0 Å². The highest BCUT2D eigenvalue weighted by atomic mass is 16.5. The largest absolute Gasteiger partial charge is 0.374 e. The first-order chi connectivity index (χ1) is 9.55. The highest BCUT2D eigenvalue weighted by molar-refractivity contribution is 5.12. The highest BCUT2D eigenvalue weighted by Crippen LogP contribution is 2.29. The number of aromatic nitrogens is 2. The van der Waals surface area contributed by atoms with E-state index < -0.39 is 0 Å². The van der Waals surface area contributed by atoms with Gasteiger partial charge < -0.3 is 10.1 Å². The van der Waals surface area contributed by atoms with Crippen molar-refractivity contribution in [3.8, 4) is 0 Å². The standard InChI is InChI=1S/C16H29N3O/c1-5-9-17-15(16(3)8-6-7-10-20-16)12-14-11-13(2)18-19(14)4/h11,15,17H,5-10,12H2,1-4H3. The summed E-state index contributed by atoms with van der Waals surface area (Å²) in [6, 6.07) is 2.55. The Morgan fingerprint density at radius 3 is 2.85 bits per heavy atom. The molecule has 1 saturated heterocycles. The Balaban J connectivity index is 2.12. The van der Waals surface area contributed by atoms with Crippen LogP contribution in [0, 0.1) is 6.92 Å². The van der Waals surface area contributed by atoms with Gasteiger partial charge in [0, 0.05) is 31.8 Å². The molecule has 0 amide bonds. The second-order valence-corrected chi connectivity index (χ2v) is 6.23. The first kappa shape index (κ1) is 15.5. The van der Waals surface area contributed by atoms with E-state index in [1.54, 1.807) is 0 Å². The molecule has 1 aliphatic rings. The van der Waals surface area contributed by atoms with Crippen LogP contribution in [0.4, 0.5) is 0 Å². The van der Waals surface area contributed by atoms with Gasteiger partial charge in [-0.2, -0.15) is 5.10 Å². The molecule has 1 aliphatic heterocycles. The van der Waals surface area contributed by atoms with Gasteiger partial charge in [-0.25, -0.2) is 0 Å². The van der Waals surface area contributed by atoms with Crippen LogP contribution in [0.3, 0.4) is 0 Å². The Kier molecular flexibility index (Phi) is 5.22. The predicted octanol–water partition coefficient (Wildman–Crippen LogP) is 2.60. The van der Waals surface area contributed by atoms with Gasteiger partial charge in [-0.05, 0) is 52.1 Å². The first-order valence-corrected chi connectivity index (χ1v) is 7.92. The zero-order valence-corrected chi connectivity index (χ0v) is 13.4. The number of aryl methyl sites for hydroxylation is 2. The van der Waals surface area contributed by atoms with E-state index >= 15 is 0 Å². The Bertz CT molecular complexity index is 421. The molecule has 4 heteroatoms. The molecule has 0 radical (unpaired) electrons. The van der Waals surface area contributed by atoms with Crippen LogP contribution in [-0.2, 0) is 18.2 Å². The van der Waals surface area contributed by atoms with E-state index in [4.69, 9.17) is 4.74 Å². The fourth-order valence-corrected chi connectivity index (χ4v) is 3.12. The fraction of sp³-hybridized carbons (Fsp3) is 0.812. The lowest BCUT2D eigenvalue weighted by molar-refractivity contribution is -0.0886. The number of rotatable bonds is 6. The van der Waals surface area contributed by atoms with Crippen molar-refractivity contribution in [1.82, 2.24) is 15.1 Å². The number of nitrogens with one attached hydrogen (secondary N) is 1. The van der Waals surface area contributed by atoms with E-state index in [-0.39, 0.29) is 5.60 Å². The van der Waals surface area contributed by atoms with Crippen molar-refractivity contribution < 1.29 is 4.74 Å². The molecule has 1 fully saturated rings. The molecule has 0 bridgehead atoms. The number of hydrogen-bond donors (Lipinski definition) is 1. The van der Waals surface area contributed by atoms with Gasteiger partial charge in [-0.1, -0.05) is 6.92 Å². The number of hydrogen-bond acceptors (Lipinski definition) is 3. The van der Waals surface area contributed by atoms with Crippen LogP contribution in [-0.4, -0.2) is 34.6 Å². The average molecular weight is 279 g/mol. The van der Waals surface area contributed by atoms with Crippen molar-refractivity contribution in [3.05, 3.63) is 17.5 Å². The van der Waals surface area contributed by atoms with Crippen LogP contribution in [0.5, 0.6) is 0 Å². The van der Waals surface area contributed by atoms with Crippen molar-refractivity contribution in [3.63, 3.8) is 0 Å². The van der Waals surface area contributed by atoms with Crippen LogP contribution in [0.1, 0.15) is 50.9 Å². The third-order valence-electron chi connectivity index (χ3n) is 4.39. The van der Waals surface area contributed by atoms with Gasteiger partial charge in [0.25, 0.3) is 0 Å². The van der Waals surface area contributed by atoms with Crippen molar-refractivity contribution in [2.75, 3.05) is 13.2 Å². The second kappa shape index (κ2) is 6.72. The molecule has 0 spiro atoms. The number of ether oxygens (including phenoxy) is 1. The maximum atomic E-state index is 6.15. The third kappa shape index (κ3) is 3.61. The molecule has 1 aromatic rings. The molecule has 2 atom stereocenters. The third-order valence-corrected chi connectivity index (χ3v) is 4.39. The van der Waals surface area contributed by atoms with Crippen molar-refractivity contribution >= 4 is 0 Å². The van der Waals surface area contributed by atoms with Crippen molar-refractivity contribution in [2.24, 2.45) is 7.05 Å². The molecular weight excluding hydrogens is 250 g/mol. The second-order valence-electron chi connectivity index (χ2n) is 6.23. The molecule has 2 unspecified atom stereocenters. The van der Waals surface area contributed by atoms with E-state index in [0.29, 0.717) is 6.04 Å². The summed E-state index contributed by atoms with van der Waals surface area (Å²) in [6.45, 7) is 8.47. The van der Waals surface area contributed by atoms with Crippen LogP contribution >= 0.6 is 0 Å². The minimum Gasteiger partial charge on any atom is -0.374 e. The molecule has 114 valence electrons. The van der Waals surface area contributed by atoms with Crippen molar-refractivity contribution in [2.45, 2.75) is 64.5 Å². The Hall–Kier alpha value is -0.870. The Labute approximate surface area is 122 Å². The van der Waals surface area contributed by atoms with Gasteiger partial charge in [-0.15, -0.1) is 0 Å². The van der Waals surface area contributed by atoms with Gasteiger partial charge in [0.15, 0.2) is 0 Å². The Morgan fingerprint density at radius 2 is 2.30 bits per heavy atom. The van der Waals surface area contributed by atoms with Gasteiger partial charge in [-0.3, -0.25) is 4.68 Å². The summed E-state index contributed by atoms with van der Waals surface area (Å²) >= 11 is 0. The molecule has 0 aliphatic carbocycles. The topological polar surface area (TPSA) is 39.1 Å². The monoisotopic (exact) mass is 279 g/mol. The summed E-state index contributed by atoms with van der Waals surface area (Å²) in [5.74, 6) is 0. The normalized spacial score (nSPS) is 24.8. The molecule has 2 heterocycles. The minimum atomic E-state index is -0.0500. The lowest BCUT2D eigenvalue weighted by Gasteiger charge is -2.41. The summed E-state index contributed by atoms with van der Waals surface area (Å²) in [4.78, 5) is 0. The molecule has 20 heavy (non-hydrogen) atoms. The van der Waals surface area contributed by atoms with E-state index in [0.717, 1.165) is 38.1 Å². The predicted molar refractivity (Wildman–Crippen MR) is 81.9 cm³/mol. The van der Waals surface area contributed by atoms with E-state index in [9.17, 15) is 0 Å². The van der Waals surface area contributed by atoms with Gasteiger partial charge in [0.05, 0.1) is 11.3 Å². The fourth-order valence-electron chi connectivity index (χ4n) is 3.12. The quantitative estimate of drug-likeness (QED) is 0.870. The molecule has 4 nitrogen and oxygen atoms in total. The SMILES string of the molecule is CCCNC(Cc1cc(C)nn1C)C1(C)CCCCO1. The lowest BCUT2D eigenvalue weighted by atomic mass is 9.85. The minimum absolute atomic E-state index is 0.0500. The van der Waals surface area contributed by atoms with E-state index in [1.165, 1.54) is 18.5 Å². The zero-order valence-electron chi connectivity index (χ0n) is 13.4. The molecule has 0 saturated carbocycles. The van der Waals surface area contributed by atoms with Gasteiger partial charge >= 0.3 is 0 Å². The summed E-state index contributed by atoms with van der Waals surface area (Å²) in [5, 5.41) is 8.16. The van der Waals surface area contributed by atoms with Crippen LogP contribution in [0.2, 0.25) is 0 Å². The smallest absolute Gasteiger partial charge is 0.0810 e. The molecule has 1 N–H and O–H groups in total. The first-order valence-electron chi connectivity index (χ1n) is 7.92. The molecular formula is C16H29N3O. The van der Waals surface area contributed by atoms with E-state index in [2.05, 4.69) is 37.3 Å². The van der Waals surface area contributed by atoms with Crippen LogP contribution in [0.15, 0.2) is 6.07 Å². The van der Waals surface area contributed by atoms with Crippen LogP contribution < -0.4 is 5.32 Å². The van der Waals surface area contributed by atoms with Gasteiger partial charge in [0.1, 0.15) is 0 Å². The zero-order chi connectivity index (χ0) is 14.6. The molecule has 0 aromatic carbocycles. The maximum Gasteiger partial charge on any atom is 0.0810 e. The summed E-state index contributed by atoms with van der Waals surface area (Å²) in [5.41, 5.74) is 2.32. The maximum absolute atomic E-state index is 6.15. The van der Waals surface area contributed by atoms with Gasteiger partial charge in [0.2, 0.25) is 0 Å². The number of nitrogens with zero attached hydrogens (tertiary/aromatic N) is 2. The molecule has 2 rings (SSSR count). The summed E-state index contributed by atoms with van der Waals surface area (Å²) < 4.78 is 8.15. The lowest BCUT2D eigenvalue weighted by Crippen LogP contribution is -2.53. The Morgan fingerprint density at radius 1 is 1.50 bits per heavy atom. The molecule has 1 aromatic heterocycles. The van der Waals surface area contributed by atoms with Crippen molar-refractivity contribution in [1.29, 1.82) is 0 Å². The summed E-state index contributed by atoms with van der Waals surface area (Å²) in [7, 11) is 2.03. The highest BCUT2D eigenvalue weighted by Gasteiger charge is 2.36. The average Bonchev–Trinajstić information content (AvgIpc) is 2.73. The summed E-state index contributed by atoms with van der Waals surface area (Å²) in [6.07, 6.45) is 5.74. The van der Waals surface area contributed by atoms with E-state index in [1.807, 2.05) is 11.7 Å².